The van der Waals surface area contributed by atoms with E-state index in [9.17, 15) is 4.79 Å². The van der Waals surface area contributed by atoms with Crippen LogP contribution in [0.2, 0.25) is 0 Å². The Labute approximate surface area is 83.3 Å². The van der Waals surface area contributed by atoms with Gasteiger partial charge in [-0.3, -0.25) is 4.79 Å². The molecular weight excluding hydrogens is 180 g/mol. The molecule has 1 atom stereocenters. The van der Waals surface area contributed by atoms with Crippen molar-refractivity contribution in [2.75, 3.05) is 0 Å². The van der Waals surface area contributed by atoms with Gasteiger partial charge in [-0.15, -0.1) is 0 Å². The van der Waals surface area contributed by atoms with Gasteiger partial charge in [-0.05, 0) is 31.0 Å². The average molecular weight is 194 g/mol. The number of esters is 1. The predicted octanol–water partition coefficient (Wildman–Crippen LogP) is 1.54. The van der Waals surface area contributed by atoms with Crippen LogP contribution in [0.25, 0.3) is 0 Å². The number of aliphatic hydroxyl groups is 1. The highest BCUT2D eigenvalue weighted by molar-refractivity contribution is 5.69. The molecule has 0 bridgehead atoms. The standard InChI is InChI=1S/C11H14O3/c1-8(12)7-10-3-5-11(6-4-10)14-9(2)13/h3-6,8,12H,7H2,1-2H3. The molecular formula is C11H14O3. The predicted molar refractivity (Wildman–Crippen MR) is 53.1 cm³/mol. The van der Waals surface area contributed by atoms with Crippen LogP contribution in [0.4, 0.5) is 0 Å². The Morgan fingerprint density at radius 1 is 1.43 bits per heavy atom. The second-order valence-corrected chi connectivity index (χ2v) is 3.29. The van der Waals surface area contributed by atoms with Gasteiger partial charge in [-0.1, -0.05) is 12.1 Å². The Morgan fingerprint density at radius 3 is 2.43 bits per heavy atom. The second-order valence-electron chi connectivity index (χ2n) is 3.29. The number of aliphatic hydroxyl groups excluding tert-OH is 1. The van der Waals surface area contributed by atoms with E-state index in [4.69, 9.17) is 9.84 Å². The van der Waals surface area contributed by atoms with Crippen LogP contribution < -0.4 is 4.74 Å². The third-order valence-corrected chi connectivity index (χ3v) is 1.72. The maximum Gasteiger partial charge on any atom is 0.308 e. The van der Waals surface area contributed by atoms with Crippen molar-refractivity contribution in [2.45, 2.75) is 26.4 Å². The summed E-state index contributed by atoms with van der Waals surface area (Å²) >= 11 is 0. The molecule has 3 nitrogen and oxygen atoms in total. The van der Waals surface area contributed by atoms with Crippen LogP contribution >= 0.6 is 0 Å². The normalized spacial score (nSPS) is 12.2. The molecule has 0 spiro atoms. The van der Waals surface area contributed by atoms with Crippen molar-refractivity contribution in [2.24, 2.45) is 0 Å². The summed E-state index contributed by atoms with van der Waals surface area (Å²) in [4.78, 5) is 10.6. The topological polar surface area (TPSA) is 46.5 Å². The van der Waals surface area contributed by atoms with Crippen LogP contribution in [-0.4, -0.2) is 17.2 Å². The summed E-state index contributed by atoms with van der Waals surface area (Å²) in [6, 6.07) is 7.12. The van der Waals surface area contributed by atoms with Gasteiger partial charge in [0.25, 0.3) is 0 Å². The zero-order valence-corrected chi connectivity index (χ0v) is 8.36. The summed E-state index contributed by atoms with van der Waals surface area (Å²) in [6.45, 7) is 3.10. The summed E-state index contributed by atoms with van der Waals surface area (Å²) in [5.41, 5.74) is 1.02. The highest BCUT2D eigenvalue weighted by atomic mass is 16.5. The quantitative estimate of drug-likeness (QED) is 0.586. The Morgan fingerprint density at radius 2 is 2.00 bits per heavy atom. The minimum Gasteiger partial charge on any atom is -0.427 e. The van der Waals surface area contributed by atoms with Crippen molar-refractivity contribution in [3.05, 3.63) is 29.8 Å². The van der Waals surface area contributed by atoms with Gasteiger partial charge < -0.3 is 9.84 Å². The van der Waals surface area contributed by atoms with Crippen LogP contribution in [0.1, 0.15) is 19.4 Å². The fraction of sp³-hybridized carbons (Fsp3) is 0.364. The molecule has 0 amide bonds. The van der Waals surface area contributed by atoms with Crippen molar-refractivity contribution in [1.82, 2.24) is 0 Å². The molecule has 3 heteroatoms. The van der Waals surface area contributed by atoms with Gasteiger partial charge in [0.1, 0.15) is 5.75 Å². The van der Waals surface area contributed by atoms with Crippen molar-refractivity contribution >= 4 is 5.97 Å². The second kappa shape index (κ2) is 4.77. The van der Waals surface area contributed by atoms with E-state index in [2.05, 4.69) is 0 Å². The van der Waals surface area contributed by atoms with Gasteiger partial charge in [-0.2, -0.15) is 0 Å². The van der Waals surface area contributed by atoms with E-state index in [0.717, 1.165) is 5.56 Å². The lowest BCUT2D eigenvalue weighted by Crippen LogP contribution is -2.04. The number of benzene rings is 1. The summed E-state index contributed by atoms with van der Waals surface area (Å²) < 4.78 is 4.87. The first-order valence-electron chi connectivity index (χ1n) is 4.53. The highest BCUT2D eigenvalue weighted by Gasteiger charge is 2.00. The van der Waals surface area contributed by atoms with E-state index < -0.39 is 0 Å². The van der Waals surface area contributed by atoms with Crippen molar-refractivity contribution in [3.8, 4) is 5.75 Å². The zero-order valence-electron chi connectivity index (χ0n) is 8.36. The number of hydrogen-bond donors (Lipinski definition) is 1. The Bertz CT molecular complexity index is 301. The van der Waals surface area contributed by atoms with E-state index >= 15 is 0 Å². The first-order chi connectivity index (χ1) is 6.58. The molecule has 0 aliphatic carbocycles. The molecule has 76 valence electrons. The van der Waals surface area contributed by atoms with Gasteiger partial charge in [-0.25, -0.2) is 0 Å². The van der Waals surface area contributed by atoms with Crippen LogP contribution in [-0.2, 0) is 11.2 Å². The number of ether oxygens (including phenoxy) is 1. The lowest BCUT2D eigenvalue weighted by atomic mass is 10.1. The molecule has 0 aromatic heterocycles. The number of carbonyl (C=O) groups is 1. The fourth-order valence-electron chi connectivity index (χ4n) is 1.20. The molecule has 0 saturated heterocycles. The number of rotatable bonds is 3. The van der Waals surface area contributed by atoms with Crippen LogP contribution in [0.5, 0.6) is 5.75 Å². The van der Waals surface area contributed by atoms with Gasteiger partial charge in [0.15, 0.2) is 0 Å². The molecule has 0 radical (unpaired) electrons. The zero-order chi connectivity index (χ0) is 10.6. The maximum absolute atomic E-state index is 10.6. The van der Waals surface area contributed by atoms with Crippen molar-refractivity contribution in [3.63, 3.8) is 0 Å². The molecule has 1 unspecified atom stereocenters. The minimum atomic E-state index is -0.352. The van der Waals surface area contributed by atoms with E-state index in [-0.39, 0.29) is 12.1 Å². The van der Waals surface area contributed by atoms with Crippen LogP contribution in [0, 0.1) is 0 Å². The molecule has 14 heavy (non-hydrogen) atoms. The van der Waals surface area contributed by atoms with Gasteiger partial charge in [0, 0.05) is 6.92 Å². The SMILES string of the molecule is CC(=O)Oc1ccc(CC(C)O)cc1. The van der Waals surface area contributed by atoms with E-state index in [0.29, 0.717) is 12.2 Å². The highest BCUT2D eigenvalue weighted by Crippen LogP contribution is 2.13. The molecule has 0 aliphatic rings. The lowest BCUT2D eigenvalue weighted by Gasteiger charge is -2.05. The Hall–Kier alpha value is -1.35. The number of hydrogen-bond acceptors (Lipinski definition) is 3. The minimum absolute atomic E-state index is 0.326. The van der Waals surface area contributed by atoms with Crippen LogP contribution in [0.3, 0.4) is 0 Å². The maximum atomic E-state index is 10.6. The summed E-state index contributed by atoms with van der Waals surface area (Å²) in [7, 11) is 0. The van der Waals surface area contributed by atoms with Crippen molar-refractivity contribution in [1.29, 1.82) is 0 Å². The molecule has 1 rings (SSSR count). The fourth-order valence-corrected chi connectivity index (χ4v) is 1.20. The molecule has 0 aliphatic heterocycles. The first kappa shape index (κ1) is 10.7. The summed E-state index contributed by atoms with van der Waals surface area (Å²) in [5, 5.41) is 9.14. The van der Waals surface area contributed by atoms with Crippen LogP contribution in [0.15, 0.2) is 24.3 Å². The summed E-state index contributed by atoms with van der Waals surface area (Å²) in [6.07, 6.45) is 0.259. The molecule has 1 aromatic rings. The lowest BCUT2D eigenvalue weighted by molar-refractivity contribution is -0.131. The van der Waals surface area contributed by atoms with E-state index in [1.54, 1.807) is 19.1 Å². The third-order valence-electron chi connectivity index (χ3n) is 1.72. The molecule has 0 heterocycles. The first-order valence-corrected chi connectivity index (χ1v) is 4.53. The smallest absolute Gasteiger partial charge is 0.308 e. The monoisotopic (exact) mass is 194 g/mol. The van der Waals surface area contributed by atoms with E-state index in [1.807, 2.05) is 12.1 Å². The number of carbonyl (C=O) groups excluding carboxylic acids is 1. The van der Waals surface area contributed by atoms with E-state index in [1.165, 1.54) is 6.92 Å². The molecule has 1 N–H and O–H groups in total. The Balaban J connectivity index is 2.63. The molecule has 0 fully saturated rings. The van der Waals surface area contributed by atoms with Crippen molar-refractivity contribution < 1.29 is 14.6 Å². The largest absolute Gasteiger partial charge is 0.427 e. The van der Waals surface area contributed by atoms with Gasteiger partial charge in [0.05, 0.1) is 6.10 Å². The average Bonchev–Trinajstić information content (AvgIpc) is 2.06. The Kier molecular flexibility index (Phi) is 3.65. The third kappa shape index (κ3) is 3.58. The molecule has 1 aromatic carbocycles. The summed E-state index contributed by atoms with van der Waals surface area (Å²) in [5.74, 6) is 0.208. The van der Waals surface area contributed by atoms with Gasteiger partial charge in [0.2, 0.25) is 0 Å². The molecule has 0 saturated carbocycles. The van der Waals surface area contributed by atoms with Gasteiger partial charge >= 0.3 is 5.97 Å².